The number of rotatable bonds is 11. The van der Waals surface area contributed by atoms with Gasteiger partial charge in [0.25, 0.3) is 0 Å². The molecule has 5 atom stereocenters. The number of likely N-dealkylation sites (N-methyl/N-ethyl adjacent to an activating group) is 1. The summed E-state index contributed by atoms with van der Waals surface area (Å²) >= 11 is 0. The first kappa shape index (κ1) is 51.4. The van der Waals surface area contributed by atoms with Gasteiger partial charge in [0.1, 0.15) is 0 Å². The largest absolute Gasteiger partial charge is 0.381 e. The minimum atomic E-state index is 0. The number of nitrogens with zero attached hydrogens (tertiary/aromatic N) is 2. The van der Waals surface area contributed by atoms with E-state index in [1.807, 2.05) is 27.7 Å². The lowest BCUT2D eigenvalue weighted by molar-refractivity contribution is 0.514. The van der Waals surface area contributed by atoms with Crippen LogP contribution < -0.4 is 5.32 Å². The summed E-state index contributed by atoms with van der Waals surface area (Å²) in [5.74, 6) is 0.669. The zero-order valence-corrected chi connectivity index (χ0v) is 40.0. The van der Waals surface area contributed by atoms with Gasteiger partial charge in [0.15, 0.2) is 0 Å². The van der Waals surface area contributed by atoms with Crippen LogP contribution >= 0.6 is 0 Å². The number of aryl methyl sites for hydroxylation is 2. The SMILES string of the molecule is C.C.CC.CC.CCCc1ccc(C2=C(/C(=C3\N=C(c4ccc(C(C)CC)cc4)C=C3C3=CCCC=C3)c3ccc(C4(C)CN4C)cc3)C(C)C(C)NC(c3ccc(C)cc3)=C2)cc1. The van der Waals surface area contributed by atoms with E-state index in [9.17, 15) is 0 Å². The Morgan fingerprint density at radius 2 is 1.41 bits per heavy atom. The van der Waals surface area contributed by atoms with Gasteiger partial charge in [-0.05, 0) is 122 Å². The minimum absolute atomic E-state index is 0. The third kappa shape index (κ3) is 11.0. The van der Waals surface area contributed by atoms with Crippen LogP contribution in [0.4, 0.5) is 0 Å². The fourth-order valence-corrected chi connectivity index (χ4v) is 8.93. The highest BCUT2D eigenvalue weighted by molar-refractivity contribution is 6.14. The molecule has 0 saturated carbocycles. The third-order valence-corrected chi connectivity index (χ3v) is 13.4. The van der Waals surface area contributed by atoms with Gasteiger partial charge in [0.2, 0.25) is 0 Å². The van der Waals surface area contributed by atoms with Gasteiger partial charge in [-0.2, -0.15) is 0 Å². The molecule has 4 aromatic carbocycles. The average Bonchev–Trinajstić information content (AvgIpc) is 3.76. The molecule has 3 heterocycles. The average molecular weight is 856 g/mol. The normalized spacial score (nSPS) is 22.2. The summed E-state index contributed by atoms with van der Waals surface area (Å²) in [5, 5.41) is 4.01. The quantitative estimate of drug-likeness (QED) is 0.152. The molecular formula is C61H81N3. The zero-order chi connectivity index (χ0) is 44.6. The first-order valence-corrected chi connectivity index (χ1v) is 23.8. The molecule has 1 aliphatic carbocycles. The van der Waals surface area contributed by atoms with Crippen molar-refractivity contribution in [3.63, 3.8) is 0 Å². The topological polar surface area (TPSA) is 27.4 Å². The van der Waals surface area contributed by atoms with Gasteiger partial charge in [0.05, 0.1) is 16.9 Å². The van der Waals surface area contributed by atoms with Crippen molar-refractivity contribution in [3.8, 4) is 0 Å². The van der Waals surface area contributed by atoms with E-state index in [0.29, 0.717) is 5.92 Å². The van der Waals surface area contributed by atoms with Crippen LogP contribution in [0.15, 0.2) is 155 Å². The molecule has 0 aromatic heterocycles. The summed E-state index contributed by atoms with van der Waals surface area (Å²) in [6.45, 7) is 25.2. The minimum Gasteiger partial charge on any atom is -0.381 e. The van der Waals surface area contributed by atoms with E-state index in [4.69, 9.17) is 4.99 Å². The fraction of sp³-hybridized carbons (Fsp3) is 0.393. The summed E-state index contributed by atoms with van der Waals surface area (Å²) in [6.07, 6.45) is 17.3. The third-order valence-electron chi connectivity index (χ3n) is 13.4. The number of allylic oxidation sites excluding steroid dienone is 8. The van der Waals surface area contributed by atoms with Crippen molar-refractivity contribution in [1.29, 1.82) is 0 Å². The van der Waals surface area contributed by atoms with E-state index in [-0.39, 0.29) is 32.4 Å². The maximum atomic E-state index is 5.75. The molecule has 1 fully saturated rings. The fourth-order valence-electron chi connectivity index (χ4n) is 8.93. The van der Waals surface area contributed by atoms with Crippen molar-refractivity contribution >= 4 is 22.6 Å². The van der Waals surface area contributed by atoms with Crippen LogP contribution in [0, 0.1) is 12.8 Å². The molecule has 5 unspecified atom stereocenters. The van der Waals surface area contributed by atoms with Gasteiger partial charge in [-0.1, -0.05) is 198 Å². The highest BCUT2D eigenvalue weighted by Gasteiger charge is 2.46. The molecular weight excluding hydrogens is 775 g/mol. The lowest BCUT2D eigenvalue weighted by Crippen LogP contribution is -2.31. The summed E-state index contributed by atoms with van der Waals surface area (Å²) in [6, 6.07) is 37.1. The van der Waals surface area contributed by atoms with Crippen LogP contribution in [0.3, 0.4) is 0 Å². The lowest BCUT2D eigenvalue weighted by Gasteiger charge is -2.28. The van der Waals surface area contributed by atoms with E-state index in [1.165, 1.54) is 66.8 Å². The van der Waals surface area contributed by atoms with Crippen LogP contribution in [0.25, 0.3) is 16.8 Å². The van der Waals surface area contributed by atoms with Gasteiger partial charge in [-0.25, -0.2) is 4.99 Å². The number of benzene rings is 4. The molecule has 1 saturated heterocycles. The van der Waals surface area contributed by atoms with E-state index < -0.39 is 0 Å². The van der Waals surface area contributed by atoms with E-state index in [0.717, 1.165) is 61.3 Å². The molecule has 3 nitrogen and oxygen atoms in total. The highest BCUT2D eigenvalue weighted by atomic mass is 15.3. The second-order valence-electron chi connectivity index (χ2n) is 17.5. The van der Waals surface area contributed by atoms with Crippen molar-refractivity contribution in [2.24, 2.45) is 10.9 Å². The Balaban J connectivity index is 0.00000146. The molecule has 0 radical (unpaired) electrons. The van der Waals surface area contributed by atoms with Gasteiger partial charge < -0.3 is 5.32 Å². The molecule has 3 aliphatic heterocycles. The van der Waals surface area contributed by atoms with E-state index in [2.05, 4.69) is 193 Å². The van der Waals surface area contributed by atoms with Crippen molar-refractivity contribution < 1.29 is 0 Å². The van der Waals surface area contributed by atoms with E-state index >= 15 is 0 Å². The molecule has 4 aliphatic rings. The van der Waals surface area contributed by atoms with Crippen LogP contribution in [-0.2, 0) is 12.0 Å². The zero-order valence-electron chi connectivity index (χ0n) is 40.0. The number of hydrogen-bond donors (Lipinski definition) is 1. The Morgan fingerprint density at radius 3 is 1.97 bits per heavy atom. The van der Waals surface area contributed by atoms with Gasteiger partial charge >= 0.3 is 0 Å². The first-order chi connectivity index (χ1) is 30.1. The number of aliphatic imine (C=N–C) groups is 1. The molecule has 4 aromatic rings. The first-order valence-electron chi connectivity index (χ1n) is 23.8. The Morgan fingerprint density at radius 1 is 0.797 bits per heavy atom. The van der Waals surface area contributed by atoms with Crippen molar-refractivity contribution in [1.82, 2.24) is 10.2 Å². The Hall–Kier alpha value is -5.25. The summed E-state index contributed by atoms with van der Waals surface area (Å²) in [4.78, 5) is 8.17. The predicted molar refractivity (Wildman–Crippen MR) is 284 cm³/mol. The van der Waals surface area contributed by atoms with Crippen LogP contribution in [0.1, 0.15) is 160 Å². The summed E-state index contributed by atoms with van der Waals surface area (Å²) in [5.41, 5.74) is 19.7. The summed E-state index contributed by atoms with van der Waals surface area (Å²) < 4.78 is 0. The maximum absolute atomic E-state index is 5.75. The Kier molecular flexibility index (Phi) is 18.5. The molecule has 8 rings (SSSR count). The van der Waals surface area contributed by atoms with Gasteiger partial charge in [-0.3, -0.25) is 4.90 Å². The number of nitrogens with one attached hydrogen (secondary N) is 1. The Labute approximate surface area is 390 Å². The predicted octanol–water partition coefficient (Wildman–Crippen LogP) is 16.5. The van der Waals surface area contributed by atoms with Gasteiger partial charge in [-0.15, -0.1) is 0 Å². The number of hydrogen-bond acceptors (Lipinski definition) is 3. The molecule has 0 bridgehead atoms. The highest BCUT2D eigenvalue weighted by Crippen LogP contribution is 2.47. The monoisotopic (exact) mass is 856 g/mol. The molecule has 3 heteroatoms. The second-order valence-corrected chi connectivity index (χ2v) is 17.5. The lowest BCUT2D eigenvalue weighted by atomic mass is 9.78. The molecule has 64 heavy (non-hydrogen) atoms. The molecule has 1 N–H and O–H groups in total. The van der Waals surface area contributed by atoms with Crippen molar-refractivity contribution in [2.75, 3.05) is 13.6 Å². The van der Waals surface area contributed by atoms with Gasteiger partial charge in [0, 0.05) is 40.9 Å². The summed E-state index contributed by atoms with van der Waals surface area (Å²) in [7, 11) is 2.22. The smallest absolute Gasteiger partial charge is 0.0797 e. The van der Waals surface area contributed by atoms with Crippen LogP contribution in [-0.4, -0.2) is 30.2 Å². The molecule has 0 amide bonds. The van der Waals surface area contributed by atoms with Crippen molar-refractivity contribution in [2.45, 2.75) is 141 Å². The second kappa shape index (κ2) is 23.1. The molecule has 340 valence electrons. The Bertz CT molecular complexity index is 2380. The van der Waals surface area contributed by atoms with E-state index in [1.54, 1.807) is 0 Å². The van der Waals surface area contributed by atoms with Crippen LogP contribution in [0.5, 0.6) is 0 Å². The van der Waals surface area contributed by atoms with Crippen LogP contribution in [0.2, 0.25) is 0 Å². The maximum Gasteiger partial charge on any atom is 0.0797 e. The van der Waals surface area contributed by atoms with Crippen molar-refractivity contribution in [3.05, 3.63) is 194 Å². The molecule has 0 spiro atoms. The standard InChI is InChI=1S/C55H61N3.2C2H6.2CH4/c1-9-14-40-19-23-43(24-20-40)48-33-50(44-21-17-36(3)18-22-44)56-39(6)38(5)52(48)53(46-29-31-47(32-30-46)55(7)35-58(55)8)54-49(42-15-12-11-13-16-42)34-51(57-54)45-27-25-41(26-28-45)37(4)10-2;2*1-2;;/h12,15-34,37-39,56H,9-11,13-14,35H2,1-8H3;2*1-2H3;2*1H4/b54-53-;;;;.